The minimum atomic E-state index is -0.0106. The molecule has 0 saturated heterocycles. The van der Waals surface area contributed by atoms with Gasteiger partial charge in [0.1, 0.15) is 10.1 Å². The first-order chi connectivity index (χ1) is 11.1. The molecule has 0 N–H and O–H groups in total. The maximum atomic E-state index is 12.1. The molecule has 0 saturated carbocycles. The van der Waals surface area contributed by atoms with E-state index in [1.165, 1.54) is 11.8 Å². The molecule has 2 aromatic rings. The highest BCUT2D eigenvalue weighted by Crippen LogP contribution is 2.32. The van der Waals surface area contributed by atoms with Crippen LogP contribution < -0.4 is 0 Å². The van der Waals surface area contributed by atoms with Gasteiger partial charge < -0.3 is 0 Å². The van der Waals surface area contributed by atoms with E-state index in [0.29, 0.717) is 5.70 Å². The van der Waals surface area contributed by atoms with E-state index < -0.39 is 0 Å². The standard InChI is InChI=1S/C17H11BrClNOS2/c18-13-3-1-2-12(8-13)9-15-16(21)23-17(20-15)22-10-11-4-6-14(19)7-5-11/h1-9H,10H2. The number of hydrogen-bond acceptors (Lipinski definition) is 4. The fourth-order valence-electron chi connectivity index (χ4n) is 1.93. The van der Waals surface area contributed by atoms with Crippen LogP contribution in [0.25, 0.3) is 6.08 Å². The van der Waals surface area contributed by atoms with Crippen molar-refractivity contribution in [3.63, 3.8) is 0 Å². The molecule has 0 amide bonds. The summed E-state index contributed by atoms with van der Waals surface area (Å²) in [5, 5.41) is 0.712. The molecule has 23 heavy (non-hydrogen) atoms. The van der Waals surface area contributed by atoms with Gasteiger partial charge in [-0.3, -0.25) is 4.79 Å². The third-order valence-electron chi connectivity index (χ3n) is 3.03. The highest BCUT2D eigenvalue weighted by Gasteiger charge is 2.22. The molecule has 0 fully saturated rings. The van der Waals surface area contributed by atoms with Crippen LogP contribution in [0.1, 0.15) is 11.1 Å². The van der Waals surface area contributed by atoms with Crippen LogP contribution in [0, 0.1) is 0 Å². The number of nitrogens with zero attached hydrogens (tertiary/aromatic N) is 1. The van der Waals surface area contributed by atoms with Crippen LogP contribution in [-0.2, 0) is 10.5 Å². The van der Waals surface area contributed by atoms with Gasteiger partial charge >= 0.3 is 0 Å². The van der Waals surface area contributed by atoms with Crippen molar-refractivity contribution in [2.45, 2.75) is 5.75 Å². The number of hydrogen-bond donors (Lipinski definition) is 0. The molecule has 0 unspecified atom stereocenters. The van der Waals surface area contributed by atoms with Gasteiger partial charge in [-0.25, -0.2) is 4.99 Å². The molecule has 2 aromatic carbocycles. The Balaban J connectivity index is 1.70. The first-order valence-corrected chi connectivity index (χ1v) is 9.73. The van der Waals surface area contributed by atoms with Crippen molar-refractivity contribution in [1.29, 1.82) is 0 Å². The summed E-state index contributed by atoms with van der Waals surface area (Å²) in [6.07, 6.45) is 1.82. The summed E-state index contributed by atoms with van der Waals surface area (Å²) < 4.78 is 1.76. The molecule has 0 spiro atoms. The first kappa shape index (κ1) is 16.8. The van der Waals surface area contributed by atoms with Crippen LogP contribution in [0.15, 0.2) is 63.7 Å². The van der Waals surface area contributed by atoms with E-state index in [1.807, 2.05) is 54.6 Å². The number of thioether (sulfide) groups is 2. The van der Waals surface area contributed by atoms with Gasteiger partial charge in [-0.2, -0.15) is 0 Å². The topological polar surface area (TPSA) is 29.4 Å². The zero-order chi connectivity index (χ0) is 16.2. The molecule has 0 aromatic heterocycles. The molecule has 0 bridgehead atoms. The second kappa shape index (κ2) is 7.71. The summed E-state index contributed by atoms with van der Waals surface area (Å²) in [6, 6.07) is 15.5. The van der Waals surface area contributed by atoms with Gasteiger partial charge in [-0.1, -0.05) is 63.6 Å². The highest BCUT2D eigenvalue weighted by molar-refractivity contribution is 9.10. The molecule has 0 atom stereocenters. The summed E-state index contributed by atoms with van der Waals surface area (Å²) in [4.78, 5) is 16.5. The Labute approximate surface area is 156 Å². The Morgan fingerprint density at radius 1 is 1.22 bits per heavy atom. The molecule has 6 heteroatoms. The predicted octanol–water partition coefficient (Wildman–Crippen LogP) is 6.01. The quantitative estimate of drug-likeness (QED) is 0.565. The van der Waals surface area contributed by atoms with Crippen LogP contribution in [0.2, 0.25) is 5.02 Å². The van der Waals surface area contributed by atoms with Gasteiger partial charge in [0, 0.05) is 15.2 Å². The molecule has 3 rings (SSSR count). The number of carbonyl (C=O) groups excluding carboxylic acids is 1. The molecule has 116 valence electrons. The number of rotatable bonds is 3. The van der Waals surface area contributed by atoms with Crippen molar-refractivity contribution < 1.29 is 4.79 Å². The Kier molecular flexibility index (Phi) is 5.64. The molecule has 1 heterocycles. The van der Waals surface area contributed by atoms with Gasteiger partial charge in [0.05, 0.1) is 0 Å². The van der Waals surface area contributed by atoms with Crippen molar-refractivity contribution in [1.82, 2.24) is 0 Å². The average Bonchev–Trinajstić information content (AvgIpc) is 2.87. The van der Waals surface area contributed by atoms with Crippen LogP contribution in [0.5, 0.6) is 0 Å². The van der Waals surface area contributed by atoms with Crippen LogP contribution in [0.4, 0.5) is 0 Å². The van der Waals surface area contributed by atoms with E-state index in [0.717, 1.165) is 30.8 Å². The fraction of sp³-hybridized carbons (Fsp3) is 0.0588. The lowest BCUT2D eigenvalue weighted by molar-refractivity contribution is -0.107. The SMILES string of the molecule is O=C1SC(SCc2ccc(Cl)cc2)=NC1=Cc1cccc(Br)c1. The maximum absolute atomic E-state index is 12.1. The molecule has 1 aliphatic heterocycles. The van der Waals surface area contributed by atoms with Crippen molar-refractivity contribution in [2.75, 3.05) is 0 Å². The molecule has 1 aliphatic rings. The molecule has 2 nitrogen and oxygen atoms in total. The van der Waals surface area contributed by atoms with Crippen molar-refractivity contribution in [3.8, 4) is 0 Å². The molecule has 0 aliphatic carbocycles. The summed E-state index contributed by atoms with van der Waals surface area (Å²) in [5.41, 5.74) is 2.60. The molecular formula is C17H11BrClNOS2. The number of halogens is 2. The highest BCUT2D eigenvalue weighted by atomic mass is 79.9. The number of aliphatic imine (C=N–C) groups is 1. The average molecular weight is 425 g/mol. The third-order valence-corrected chi connectivity index (χ3v) is 5.85. The van der Waals surface area contributed by atoms with Gasteiger partial charge in [-0.15, -0.1) is 0 Å². The van der Waals surface area contributed by atoms with E-state index in [2.05, 4.69) is 20.9 Å². The molecule has 0 radical (unpaired) electrons. The van der Waals surface area contributed by atoms with E-state index in [9.17, 15) is 4.79 Å². The van der Waals surface area contributed by atoms with E-state index >= 15 is 0 Å². The van der Waals surface area contributed by atoms with Gasteiger partial charge in [-0.05, 0) is 53.2 Å². The summed E-state index contributed by atoms with van der Waals surface area (Å²) >= 11 is 12.1. The number of carbonyl (C=O) groups is 1. The van der Waals surface area contributed by atoms with E-state index in [1.54, 1.807) is 11.8 Å². The summed E-state index contributed by atoms with van der Waals surface area (Å²) in [6.45, 7) is 0. The van der Waals surface area contributed by atoms with Gasteiger partial charge in [0.25, 0.3) is 0 Å². The zero-order valence-electron chi connectivity index (χ0n) is 11.8. The van der Waals surface area contributed by atoms with Crippen LogP contribution in [-0.4, -0.2) is 9.49 Å². The third kappa shape index (κ3) is 4.73. The van der Waals surface area contributed by atoms with Crippen molar-refractivity contribution >= 4 is 66.6 Å². The monoisotopic (exact) mass is 423 g/mol. The summed E-state index contributed by atoms with van der Waals surface area (Å²) in [5.74, 6) is 0.764. The van der Waals surface area contributed by atoms with Gasteiger partial charge in [0.2, 0.25) is 5.12 Å². The fourth-order valence-corrected chi connectivity index (χ4v) is 4.27. The Hall–Kier alpha value is -1.01. The lowest BCUT2D eigenvalue weighted by atomic mass is 10.2. The Bertz CT molecular complexity index is 802. The minimum Gasteiger partial charge on any atom is -0.279 e. The van der Waals surface area contributed by atoms with Crippen LogP contribution in [0.3, 0.4) is 0 Å². The lowest BCUT2D eigenvalue weighted by Gasteiger charge is -1.99. The minimum absolute atomic E-state index is 0.0106. The number of benzene rings is 2. The maximum Gasteiger partial charge on any atom is 0.244 e. The smallest absolute Gasteiger partial charge is 0.244 e. The van der Waals surface area contributed by atoms with Gasteiger partial charge in [0.15, 0.2) is 0 Å². The Morgan fingerprint density at radius 2 is 2.00 bits per heavy atom. The van der Waals surface area contributed by atoms with Crippen molar-refractivity contribution in [3.05, 3.63) is 74.9 Å². The van der Waals surface area contributed by atoms with Crippen molar-refractivity contribution in [2.24, 2.45) is 4.99 Å². The normalized spacial score (nSPS) is 16.0. The largest absolute Gasteiger partial charge is 0.279 e. The van der Waals surface area contributed by atoms with E-state index in [-0.39, 0.29) is 5.12 Å². The lowest BCUT2D eigenvalue weighted by Crippen LogP contribution is -1.88. The second-order valence-corrected chi connectivity index (χ2v) is 8.30. The zero-order valence-corrected chi connectivity index (χ0v) is 15.8. The summed E-state index contributed by atoms with van der Waals surface area (Å²) in [7, 11) is 0. The first-order valence-electron chi connectivity index (χ1n) is 6.75. The molecular weight excluding hydrogens is 414 g/mol. The Morgan fingerprint density at radius 3 is 2.74 bits per heavy atom. The van der Waals surface area contributed by atoms with Crippen LogP contribution >= 0.6 is 51.1 Å². The second-order valence-electron chi connectivity index (χ2n) is 4.77. The van der Waals surface area contributed by atoms with E-state index in [4.69, 9.17) is 11.6 Å². The predicted molar refractivity (Wildman–Crippen MR) is 105 cm³/mol.